The molecule has 1 unspecified atom stereocenters. The van der Waals surface area contributed by atoms with Crippen LogP contribution >= 0.6 is 0 Å². The predicted octanol–water partition coefficient (Wildman–Crippen LogP) is 1.51. The van der Waals surface area contributed by atoms with Crippen LogP contribution in [0, 0.1) is 0 Å². The molecule has 0 radical (unpaired) electrons. The molecule has 1 aromatic rings. The Bertz CT molecular complexity index is 648. The molecule has 1 aromatic carbocycles. The second-order valence-corrected chi connectivity index (χ2v) is 7.40. The number of anilines is 1. The van der Waals surface area contributed by atoms with E-state index in [1.165, 1.54) is 0 Å². The van der Waals surface area contributed by atoms with E-state index in [4.69, 9.17) is 9.88 Å². The molecule has 1 heterocycles. The van der Waals surface area contributed by atoms with Gasteiger partial charge >= 0.3 is 6.03 Å². The Hall–Kier alpha value is -1.64. The van der Waals surface area contributed by atoms with Crippen molar-refractivity contribution in [1.29, 1.82) is 0 Å². The minimum absolute atomic E-state index is 0.204. The number of nitrogens with two attached hydrogens (primary N) is 1. The highest BCUT2D eigenvalue weighted by Crippen LogP contribution is 2.20. The van der Waals surface area contributed by atoms with E-state index in [9.17, 15) is 13.2 Å². The van der Waals surface area contributed by atoms with Crippen LogP contribution in [0.25, 0.3) is 0 Å². The van der Waals surface area contributed by atoms with Crippen molar-refractivity contribution < 1.29 is 17.9 Å². The summed E-state index contributed by atoms with van der Waals surface area (Å²) in [7, 11) is -2.01. The predicted molar refractivity (Wildman–Crippen MR) is 88.5 cm³/mol. The van der Waals surface area contributed by atoms with Crippen LogP contribution in [0.1, 0.15) is 24.8 Å². The molecule has 7 nitrogen and oxygen atoms in total. The lowest BCUT2D eigenvalue weighted by atomic mass is 10.0. The van der Waals surface area contributed by atoms with Crippen molar-refractivity contribution in [2.45, 2.75) is 31.9 Å². The molecule has 1 aliphatic rings. The van der Waals surface area contributed by atoms with Crippen LogP contribution in [-0.4, -0.2) is 44.8 Å². The third-order valence-corrected chi connectivity index (χ3v) is 4.65. The first-order chi connectivity index (χ1) is 10.9. The van der Waals surface area contributed by atoms with E-state index in [0.29, 0.717) is 25.3 Å². The molecular weight excluding hydrogens is 318 g/mol. The molecule has 2 amide bonds. The van der Waals surface area contributed by atoms with Crippen molar-refractivity contribution in [2.24, 2.45) is 5.14 Å². The quantitative estimate of drug-likeness (QED) is 0.847. The molecule has 0 aliphatic carbocycles. The Kier molecular flexibility index (Phi) is 5.97. The van der Waals surface area contributed by atoms with Gasteiger partial charge in [0.15, 0.2) is 0 Å². The van der Waals surface area contributed by atoms with Gasteiger partial charge in [-0.05, 0) is 37.0 Å². The first-order valence-electron chi connectivity index (χ1n) is 7.55. The van der Waals surface area contributed by atoms with Gasteiger partial charge < -0.3 is 15.0 Å². The number of nitrogens with zero attached hydrogens (tertiary/aromatic N) is 1. The van der Waals surface area contributed by atoms with Crippen molar-refractivity contribution in [3.8, 4) is 0 Å². The van der Waals surface area contributed by atoms with Crippen LogP contribution < -0.4 is 10.5 Å². The molecule has 0 saturated carbocycles. The van der Waals surface area contributed by atoms with E-state index >= 15 is 0 Å². The summed E-state index contributed by atoms with van der Waals surface area (Å²) < 4.78 is 27.8. The number of methoxy groups -OCH3 is 1. The number of likely N-dealkylation sites (tertiary alicyclic amines) is 1. The maximum atomic E-state index is 12.5. The van der Waals surface area contributed by atoms with E-state index in [-0.39, 0.29) is 17.8 Å². The highest BCUT2D eigenvalue weighted by molar-refractivity contribution is 7.89. The van der Waals surface area contributed by atoms with Crippen molar-refractivity contribution in [2.75, 3.05) is 24.7 Å². The summed E-state index contributed by atoms with van der Waals surface area (Å²) in [6, 6.07) is 6.69. The Morgan fingerprint density at radius 3 is 2.91 bits per heavy atom. The van der Waals surface area contributed by atoms with Crippen LogP contribution in [0.4, 0.5) is 10.5 Å². The molecule has 8 heteroatoms. The van der Waals surface area contributed by atoms with Gasteiger partial charge in [-0.1, -0.05) is 12.1 Å². The Balaban J connectivity index is 2.06. The average Bonchev–Trinajstić information content (AvgIpc) is 2.47. The molecule has 23 heavy (non-hydrogen) atoms. The molecule has 1 atom stereocenters. The largest absolute Gasteiger partial charge is 0.380 e. The summed E-state index contributed by atoms with van der Waals surface area (Å²) in [6.45, 7) is 0.991. The monoisotopic (exact) mass is 341 g/mol. The van der Waals surface area contributed by atoms with Crippen LogP contribution in [0.15, 0.2) is 24.3 Å². The highest BCUT2D eigenvalue weighted by Gasteiger charge is 2.29. The zero-order valence-electron chi connectivity index (χ0n) is 13.2. The Labute approximate surface area is 136 Å². The summed E-state index contributed by atoms with van der Waals surface area (Å²) in [4.78, 5) is 14.0. The van der Waals surface area contributed by atoms with Gasteiger partial charge in [-0.25, -0.2) is 18.4 Å². The smallest absolute Gasteiger partial charge is 0.322 e. The molecule has 1 fully saturated rings. The fourth-order valence-electron chi connectivity index (χ4n) is 2.81. The number of hydrogen-bond acceptors (Lipinski definition) is 4. The number of carbonyl (C=O) groups is 1. The molecule has 0 aromatic heterocycles. The lowest BCUT2D eigenvalue weighted by Gasteiger charge is -2.35. The van der Waals surface area contributed by atoms with E-state index in [1.807, 2.05) is 18.2 Å². The maximum absolute atomic E-state index is 12.5. The van der Waals surface area contributed by atoms with Crippen molar-refractivity contribution in [3.63, 3.8) is 0 Å². The van der Waals surface area contributed by atoms with Gasteiger partial charge in [-0.2, -0.15) is 0 Å². The van der Waals surface area contributed by atoms with Gasteiger partial charge in [0.05, 0.1) is 12.4 Å². The number of urea groups is 1. The zero-order valence-corrected chi connectivity index (χ0v) is 14.0. The second-order valence-electron chi connectivity index (χ2n) is 5.74. The molecule has 2 rings (SSSR count). The summed E-state index contributed by atoms with van der Waals surface area (Å²) >= 11 is 0. The summed E-state index contributed by atoms with van der Waals surface area (Å²) in [5.41, 5.74) is 1.61. The van der Waals surface area contributed by atoms with Crippen molar-refractivity contribution in [3.05, 3.63) is 29.8 Å². The maximum Gasteiger partial charge on any atom is 0.322 e. The third kappa shape index (κ3) is 5.49. The minimum atomic E-state index is -3.62. The van der Waals surface area contributed by atoms with E-state index in [1.54, 1.807) is 18.1 Å². The number of rotatable bonds is 5. The van der Waals surface area contributed by atoms with Crippen molar-refractivity contribution in [1.82, 2.24) is 4.90 Å². The third-order valence-electron chi connectivity index (χ3n) is 3.80. The molecular formula is C15H23N3O4S. The number of nitrogens with one attached hydrogen (secondary N) is 1. The van der Waals surface area contributed by atoms with Crippen molar-refractivity contribution >= 4 is 21.7 Å². The number of carbonyl (C=O) groups excluding carboxylic acids is 1. The zero-order chi connectivity index (χ0) is 16.9. The summed E-state index contributed by atoms with van der Waals surface area (Å²) in [6.07, 6.45) is 2.40. The van der Waals surface area contributed by atoms with E-state index in [2.05, 4.69) is 5.32 Å². The van der Waals surface area contributed by atoms with Gasteiger partial charge in [0.1, 0.15) is 0 Å². The van der Waals surface area contributed by atoms with Crippen LogP contribution in [0.2, 0.25) is 0 Å². The normalized spacial score (nSPS) is 18.7. The first-order valence-corrected chi connectivity index (χ1v) is 9.26. The number of primary sulfonamides is 1. The van der Waals surface area contributed by atoms with Gasteiger partial charge in [0, 0.05) is 25.4 Å². The molecule has 128 valence electrons. The van der Waals surface area contributed by atoms with Crippen LogP contribution in [0.3, 0.4) is 0 Å². The molecule has 0 spiro atoms. The molecule has 0 bridgehead atoms. The van der Waals surface area contributed by atoms with Gasteiger partial charge in [0.25, 0.3) is 0 Å². The number of sulfonamides is 1. The number of hydrogen-bond donors (Lipinski definition) is 2. The fraction of sp³-hybridized carbons (Fsp3) is 0.533. The lowest BCUT2D eigenvalue weighted by Crippen LogP contribution is -2.49. The van der Waals surface area contributed by atoms with E-state index in [0.717, 1.165) is 18.4 Å². The van der Waals surface area contributed by atoms with E-state index < -0.39 is 10.0 Å². The Morgan fingerprint density at radius 1 is 1.43 bits per heavy atom. The SMILES string of the molecule is COCc1cccc(NC(=O)N2CCCCC2CS(N)(=O)=O)c1. The summed E-state index contributed by atoms with van der Waals surface area (Å²) in [5.74, 6) is -0.204. The molecule has 1 saturated heterocycles. The number of ether oxygens (including phenoxy) is 1. The van der Waals surface area contributed by atoms with Crippen LogP contribution in [-0.2, 0) is 21.4 Å². The summed E-state index contributed by atoms with van der Waals surface area (Å²) in [5, 5.41) is 7.96. The van der Waals surface area contributed by atoms with Gasteiger partial charge in [-0.15, -0.1) is 0 Å². The highest BCUT2D eigenvalue weighted by atomic mass is 32.2. The minimum Gasteiger partial charge on any atom is -0.380 e. The van der Waals surface area contributed by atoms with Gasteiger partial charge in [-0.3, -0.25) is 0 Å². The average molecular weight is 341 g/mol. The number of amides is 2. The number of piperidine rings is 1. The second kappa shape index (κ2) is 7.76. The molecule has 3 N–H and O–H groups in total. The number of benzene rings is 1. The van der Waals surface area contributed by atoms with Gasteiger partial charge in [0.2, 0.25) is 10.0 Å². The lowest BCUT2D eigenvalue weighted by molar-refractivity contribution is 0.171. The molecule has 1 aliphatic heterocycles. The topological polar surface area (TPSA) is 102 Å². The standard InChI is InChI=1S/C15H23N3O4S/c1-22-10-12-5-4-6-13(9-12)17-15(19)18-8-3-2-7-14(18)11-23(16,20)21/h4-6,9,14H,2-3,7-8,10-11H2,1H3,(H,17,19)(H2,16,20,21). The fourth-order valence-corrected chi connectivity index (χ4v) is 3.69. The van der Waals surface area contributed by atoms with Crippen LogP contribution in [0.5, 0.6) is 0 Å². The first kappa shape index (κ1) is 17.7. The Morgan fingerprint density at radius 2 is 2.22 bits per heavy atom.